The quantitative estimate of drug-likeness (QED) is 0.853. The Kier molecular flexibility index (Phi) is 5.09. The minimum absolute atomic E-state index is 0.160. The second kappa shape index (κ2) is 6.48. The van der Waals surface area contributed by atoms with Crippen molar-refractivity contribution in [2.24, 2.45) is 0 Å². The second-order valence-electron chi connectivity index (χ2n) is 4.78. The number of hydrogen-bond donors (Lipinski definition) is 1. The molecule has 0 radical (unpaired) electrons. The standard InChI is InChI=1S/C15H15BrClNO2S/c1-10-7-11(2)15(8-13(10)16)21(19,20)18-9-12-5-3-4-6-14(12)17/h3-8,18H,9H2,1-2H3. The summed E-state index contributed by atoms with van der Waals surface area (Å²) in [6.07, 6.45) is 0. The van der Waals surface area contributed by atoms with Gasteiger partial charge in [0.05, 0.1) is 4.90 Å². The Hall–Kier alpha value is -0.880. The summed E-state index contributed by atoms with van der Waals surface area (Å²) in [5, 5.41) is 0.544. The Balaban J connectivity index is 2.27. The van der Waals surface area contributed by atoms with Crippen LogP contribution in [0.3, 0.4) is 0 Å². The van der Waals surface area contributed by atoms with Crippen LogP contribution >= 0.6 is 27.5 Å². The first kappa shape index (κ1) is 16.5. The number of aryl methyl sites for hydroxylation is 2. The zero-order valence-corrected chi connectivity index (χ0v) is 14.8. The highest BCUT2D eigenvalue weighted by Gasteiger charge is 2.18. The van der Waals surface area contributed by atoms with Crippen LogP contribution in [0.25, 0.3) is 0 Å². The van der Waals surface area contributed by atoms with E-state index in [1.807, 2.05) is 25.1 Å². The molecule has 0 fully saturated rings. The predicted octanol–water partition coefficient (Wildman–Crippen LogP) is 4.20. The van der Waals surface area contributed by atoms with Crippen LogP contribution < -0.4 is 4.72 Å². The van der Waals surface area contributed by atoms with E-state index >= 15 is 0 Å². The zero-order valence-electron chi connectivity index (χ0n) is 11.7. The Morgan fingerprint density at radius 2 is 1.81 bits per heavy atom. The first-order valence-electron chi connectivity index (χ1n) is 6.31. The molecule has 0 aromatic heterocycles. The minimum Gasteiger partial charge on any atom is -0.207 e. The molecule has 2 rings (SSSR count). The monoisotopic (exact) mass is 387 g/mol. The van der Waals surface area contributed by atoms with Gasteiger partial charge in [-0.15, -0.1) is 0 Å². The SMILES string of the molecule is Cc1cc(C)c(S(=O)(=O)NCc2ccccc2Cl)cc1Br. The van der Waals surface area contributed by atoms with Gasteiger partial charge in [0.25, 0.3) is 0 Å². The van der Waals surface area contributed by atoms with Crippen molar-refractivity contribution < 1.29 is 8.42 Å². The van der Waals surface area contributed by atoms with Gasteiger partial charge in [-0.1, -0.05) is 51.8 Å². The summed E-state index contributed by atoms with van der Waals surface area (Å²) in [5.41, 5.74) is 2.45. The molecule has 112 valence electrons. The lowest BCUT2D eigenvalue weighted by Gasteiger charge is -2.12. The van der Waals surface area contributed by atoms with E-state index in [1.54, 1.807) is 25.1 Å². The van der Waals surface area contributed by atoms with Gasteiger partial charge >= 0.3 is 0 Å². The van der Waals surface area contributed by atoms with Gasteiger partial charge < -0.3 is 0 Å². The van der Waals surface area contributed by atoms with Crippen molar-refractivity contribution in [1.82, 2.24) is 4.72 Å². The van der Waals surface area contributed by atoms with Crippen molar-refractivity contribution >= 4 is 37.6 Å². The van der Waals surface area contributed by atoms with Gasteiger partial charge in [0.15, 0.2) is 0 Å². The average Bonchev–Trinajstić information content (AvgIpc) is 2.42. The largest absolute Gasteiger partial charge is 0.241 e. The summed E-state index contributed by atoms with van der Waals surface area (Å²) >= 11 is 9.40. The predicted molar refractivity (Wildman–Crippen MR) is 89.1 cm³/mol. The summed E-state index contributed by atoms with van der Waals surface area (Å²) in [4.78, 5) is 0.270. The molecule has 0 aliphatic carbocycles. The lowest BCUT2D eigenvalue weighted by atomic mass is 10.2. The van der Waals surface area contributed by atoms with Crippen LogP contribution in [0, 0.1) is 13.8 Å². The Bertz CT molecular complexity index is 775. The van der Waals surface area contributed by atoms with Crippen LogP contribution in [-0.2, 0) is 16.6 Å². The molecule has 2 aromatic carbocycles. The molecular weight excluding hydrogens is 374 g/mol. The highest BCUT2D eigenvalue weighted by atomic mass is 79.9. The summed E-state index contributed by atoms with van der Waals surface area (Å²) in [7, 11) is -3.58. The maximum Gasteiger partial charge on any atom is 0.241 e. The van der Waals surface area contributed by atoms with E-state index < -0.39 is 10.0 Å². The van der Waals surface area contributed by atoms with E-state index in [1.165, 1.54) is 0 Å². The maximum absolute atomic E-state index is 12.4. The summed E-state index contributed by atoms with van der Waals surface area (Å²) in [6.45, 7) is 3.86. The number of halogens is 2. The molecule has 0 saturated carbocycles. The number of rotatable bonds is 4. The fourth-order valence-electron chi connectivity index (χ4n) is 1.99. The molecule has 6 heteroatoms. The molecule has 0 heterocycles. The second-order valence-corrected chi connectivity index (χ2v) is 7.78. The molecule has 0 aliphatic rings. The topological polar surface area (TPSA) is 46.2 Å². The number of hydrogen-bond acceptors (Lipinski definition) is 2. The summed E-state index contributed by atoms with van der Waals surface area (Å²) in [6, 6.07) is 10.6. The molecule has 21 heavy (non-hydrogen) atoms. The van der Waals surface area contributed by atoms with Crippen LogP contribution in [0.5, 0.6) is 0 Å². The number of sulfonamides is 1. The van der Waals surface area contributed by atoms with Crippen molar-refractivity contribution in [2.75, 3.05) is 0 Å². The number of benzene rings is 2. The zero-order chi connectivity index (χ0) is 15.6. The first-order valence-corrected chi connectivity index (χ1v) is 8.96. The fourth-order valence-corrected chi connectivity index (χ4v) is 3.94. The van der Waals surface area contributed by atoms with E-state index in [0.29, 0.717) is 10.6 Å². The van der Waals surface area contributed by atoms with Gasteiger partial charge in [0, 0.05) is 16.0 Å². The Labute approximate surface area is 138 Å². The lowest BCUT2D eigenvalue weighted by molar-refractivity contribution is 0.580. The molecule has 1 N–H and O–H groups in total. The third kappa shape index (κ3) is 3.86. The van der Waals surface area contributed by atoms with Crippen LogP contribution in [0.1, 0.15) is 16.7 Å². The average molecular weight is 389 g/mol. The molecule has 2 aromatic rings. The third-order valence-electron chi connectivity index (χ3n) is 3.16. The smallest absolute Gasteiger partial charge is 0.207 e. The van der Waals surface area contributed by atoms with Gasteiger partial charge in [0.1, 0.15) is 0 Å². The Morgan fingerprint density at radius 1 is 1.14 bits per heavy atom. The normalized spacial score (nSPS) is 11.6. The van der Waals surface area contributed by atoms with Gasteiger partial charge in [-0.2, -0.15) is 0 Å². The molecule has 0 spiro atoms. The summed E-state index contributed by atoms with van der Waals surface area (Å²) in [5.74, 6) is 0. The molecule has 0 unspecified atom stereocenters. The Morgan fingerprint density at radius 3 is 2.48 bits per heavy atom. The van der Waals surface area contributed by atoms with Crippen molar-refractivity contribution in [3.8, 4) is 0 Å². The number of nitrogens with one attached hydrogen (secondary N) is 1. The molecule has 0 aliphatic heterocycles. The van der Waals surface area contributed by atoms with Crippen LogP contribution in [-0.4, -0.2) is 8.42 Å². The highest BCUT2D eigenvalue weighted by Crippen LogP contribution is 2.25. The van der Waals surface area contributed by atoms with E-state index in [0.717, 1.165) is 15.6 Å². The molecule has 3 nitrogen and oxygen atoms in total. The fraction of sp³-hybridized carbons (Fsp3) is 0.200. The first-order chi connectivity index (χ1) is 9.81. The van der Waals surface area contributed by atoms with Crippen molar-refractivity contribution in [3.05, 3.63) is 62.6 Å². The molecule has 0 bridgehead atoms. The molecular formula is C15H15BrClNO2S. The van der Waals surface area contributed by atoms with Crippen LogP contribution in [0.4, 0.5) is 0 Å². The lowest BCUT2D eigenvalue weighted by Crippen LogP contribution is -2.24. The van der Waals surface area contributed by atoms with Gasteiger partial charge in [-0.3, -0.25) is 0 Å². The van der Waals surface area contributed by atoms with Crippen molar-refractivity contribution in [1.29, 1.82) is 0 Å². The van der Waals surface area contributed by atoms with Crippen molar-refractivity contribution in [2.45, 2.75) is 25.3 Å². The summed E-state index contributed by atoms with van der Waals surface area (Å²) < 4.78 is 28.2. The molecule has 0 amide bonds. The highest BCUT2D eigenvalue weighted by molar-refractivity contribution is 9.10. The van der Waals surface area contributed by atoms with Gasteiger partial charge in [-0.05, 0) is 42.7 Å². The van der Waals surface area contributed by atoms with Crippen LogP contribution in [0.15, 0.2) is 45.8 Å². The van der Waals surface area contributed by atoms with E-state index in [-0.39, 0.29) is 11.4 Å². The van der Waals surface area contributed by atoms with Gasteiger partial charge in [-0.25, -0.2) is 13.1 Å². The van der Waals surface area contributed by atoms with E-state index in [9.17, 15) is 8.42 Å². The minimum atomic E-state index is -3.58. The maximum atomic E-state index is 12.4. The van der Waals surface area contributed by atoms with E-state index in [4.69, 9.17) is 11.6 Å². The van der Waals surface area contributed by atoms with Crippen LogP contribution in [0.2, 0.25) is 5.02 Å². The molecule has 0 atom stereocenters. The third-order valence-corrected chi connectivity index (χ3v) is 5.92. The molecule has 0 saturated heterocycles. The van der Waals surface area contributed by atoms with E-state index in [2.05, 4.69) is 20.7 Å². The van der Waals surface area contributed by atoms with Crippen molar-refractivity contribution in [3.63, 3.8) is 0 Å². The van der Waals surface area contributed by atoms with Gasteiger partial charge in [0.2, 0.25) is 10.0 Å².